The van der Waals surface area contributed by atoms with Gasteiger partial charge in [-0.1, -0.05) is 20.8 Å². The summed E-state index contributed by atoms with van der Waals surface area (Å²) >= 11 is 0. The molecule has 1 unspecified atom stereocenters. The Hall–Kier alpha value is -0.590. The summed E-state index contributed by atoms with van der Waals surface area (Å²) < 4.78 is 0. The molecule has 0 fully saturated rings. The van der Waals surface area contributed by atoms with Gasteiger partial charge in [-0.15, -0.1) is 0 Å². The highest BCUT2D eigenvalue weighted by Crippen LogP contribution is 2.13. The van der Waals surface area contributed by atoms with Crippen LogP contribution in [0.15, 0.2) is 0 Å². The maximum absolute atomic E-state index is 9.31. The summed E-state index contributed by atoms with van der Waals surface area (Å²) in [5.41, 5.74) is -0.365. The molecule has 3 heteroatoms. The molecule has 112 valence electrons. The van der Waals surface area contributed by atoms with E-state index in [4.69, 9.17) is 0 Å². The van der Waals surface area contributed by atoms with Crippen molar-refractivity contribution in [2.45, 2.75) is 72.4 Å². The molecule has 0 aliphatic carbocycles. The number of nitrogens with one attached hydrogen (secondary N) is 1. The van der Waals surface area contributed by atoms with Crippen LogP contribution in [0, 0.1) is 17.2 Å². The third kappa shape index (κ3) is 8.23. The van der Waals surface area contributed by atoms with E-state index in [0.29, 0.717) is 12.0 Å². The van der Waals surface area contributed by atoms with E-state index in [9.17, 15) is 5.26 Å². The smallest absolute Gasteiger partial charge is 0.103 e. The van der Waals surface area contributed by atoms with E-state index in [1.54, 1.807) is 0 Å². The predicted octanol–water partition coefficient (Wildman–Crippen LogP) is 3.41. The zero-order chi connectivity index (χ0) is 14.9. The number of nitriles is 1. The van der Waals surface area contributed by atoms with Gasteiger partial charge >= 0.3 is 0 Å². The van der Waals surface area contributed by atoms with Crippen LogP contribution in [-0.2, 0) is 0 Å². The first kappa shape index (κ1) is 18.4. The number of rotatable bonds is 10. The largest absolute Gasteiger partial charge is 0.301 e. The molecule has 0 bridgehead atoms. The summed E-state index contributed by atoms with van der Waals surface area (Å²) in [6.45, 7) is 16.3. The van der Waals surface area contributed by atoms with E-state index in [1.807, 2.05) is 6.92 Å². The number of nitrogens with zero attached hydrogens (tertiary/aromatic N) is 2. The topological polar surface area (TPSA) is 39.1 Å². The van der Waals surface area contributed by atoms with E-state index in [0.717, 1.165) is 38.9 Å². The van der Waals surface area contributed by atoms with Gasteiger partial charge < -0.3 is 4.90 Å². The van der Waals surface area contributed by atoms with Gasteiger partial charge in [0.2, 0.25) is 0 Å². The van der Waals surface area contributed by atoms with E-state index in [2.05, 4.69) is 50.9 Å². The maximum atomic E-state index is 9.31. The molecule has 1 atom stereocenters. The van der Waals surface area contributed by atoms with Crippen molar-refractivity contribution < 1.29 is 0 Å². The fourth-order valence-electron chi connectivity index (χ4n) is 2.25. The average molecular weight is 267 g/mol. The second-order valence-electron chi connectivity index (χ2n) is 6.46. The quantitative estimate of drug-likeness (QED) is 0.659. The molecule has 1 N–H and O–H groups in total. The minimum atomic E-state index is -0.365. The molecule has 19 heavy (non-hydrogen) atoms. The van der Waals surface area contributed by atoms with Gasteiger partial charge in [-0.05, 0) is 59.0 Å². The van der Waals surface area contributed by atoms with Crippen molar-refractivity contribution in [1.82, 2.24) is 10.2 Å². The Morgan fingerprint density at radius 2 is 1.89 bits per heavy atom. The molecular weight excluding hydrogens is 234 g/mol. The zero-order valence-corrected chi connectivity index (χ0v) is 13.8. The van der Waals surface area contributed by atoms with Gasteiger partial charge in [0.25, 0.3) is 0 Å². The first-order chi connectivity index (χ1) is 8.84. The molecule has 0 amide bonds. The van der Waals surface area contributed by atoms with Crippen LogP contribution in [0.4, 0.5) is 0 Å². The van der Waals surface area contributed by atoms with E-state index in [-0.39, 0.29) is 5.54 Å². The molecule has 0 aliphatic rings. The molecule has 0 saturated carbocycles. The van der Waals surface area contributed by atoms with E-state index < -0.39 is 0 Å². The Morgan fingerprint density at radius 1 is 1.26 bits per heavy atom. The maximum Gasteiger partial charge on any atom is 0.103 e. The van der Waals surface area contributed by atoms with Crippen molar-refractivity contribution in [1.29, 1.82) is 5.26 Å². The second kappa shape index (κ2) is 9.34. The predicted molar refractivity (Wildman–Crippen MR) is 83.1 cm³/mol. The highest BCUT2D eigenvalue weighted by molar-refractivity contribution is 5.03. The molecule has 0 rings (SSSR count). The number of hydrogen-bond donors (Lipinski definition) is 1. The molecule has 3 nitrogen and oxygen atoms in total. The van der Waals surface area contributed by atoms with Crippen molar-refractivity contribution >= 4 is 0 Å². The van der Waals surface area contributed by atoms with Gasteiger partial charge in [0.05, 0.1) is 6.07 Å². The standard InChI is InChI=1S/C16H33N3/c1-7-10-18-16(6,13-17)9-8-11-19(15(4)5)12-14(2)3/h14-15,18H,7-12H2,1-6H3. The van der Waals surface area contributed by atoms with Gasteiger partial charge in [0.15, 0.2) is 0 Å². The Labute approximate surface area is 120 Å². The lowest BCUT2D eigenvalue weighted by Gasteiger charge is -2.30. The Bertz CT molecular complexity index is 268. The number of hydrogen-bond acceptors (Lipinski definition) is 3. The first-order valence-electron chi connectivity index (χ1n) is 7.75. The second-order valence-corrected chi connectivity index (χ2v) is 6.46. The van der Waals surface area contributed by atoms with Gasteiger partial charge in [-0.2, -0.15) is 5.26 Å². The van der Waals surface area contributed by atoms with Crippen molar-refractivity contribution in [2.24, 2.45) is 5.92 Å². The van der Waals surface area contributed by atoms with Crippen LogP contribution < -0.4 is 5.32 Å². The minimum absolute atomic E-state index is 0.365. The lowest BCUT2D eigenvalue weighted by molar-refractivity contribution is 0.189. The molecule has 0 aliphatic heterocycles. The van der Waals surface area contributed by atoms with E-state index in [1.165, 1.54) is 0 Å². The molecule has 0 aromatic rings. The van der Waals surface area contributed by atoms with Crippen LogP contribution >= 0.6 is 0 Å². The molecule has 0 aromatic carbocycles. The molecule has 0 aromatic heterocycles. The fourth-order valence-corrected chi connectivity index (χ4v) is 2.25. The zero-order valence-electron chi connectivity index (χ0n) is 13.8. The van der Waals surface area contributed by atoms with Gasteiger partial charge in [0, 0.05) is 12.6 Å². The summed E-state index contributed by atoms with van der Waals surface area (Å²) in [4.78, 5) is 2.52. The summed E-state index contributed by atoms with van der Waals surface area (Å²) in [5, 5.41) is 12.7. The fraction of sp³-hybridized carbons (Fsp3) is 0.938. The molecular formula is C16H33N3. The van der Waals surface area contributed by atoms with Crippen molar-refractivity contribution in [3.8, 4) is 6.07 Å². The normalized spacial score (nSPS) is 14.9. The Morgan fingerprint density at radius 3 is 2.32 bits per heavy atom. The summed E-state index contributed by atoms with van der Waals surface area (Å²) in [6, 6.07) is 3.01. The SMILES string of the molecule is CCCNC(C)(C#N)CCCN(CC(C)C)C(C)C. The third-order valence-corrected chi connectivity index (χ3v) is 3.46. The first-order valence-corrected chi connectivity index (χ1v) is 7.75. The highest BCUT2D eigenvalue weighted by Gasteiger charge is 2.22. The molecule has 0 saturated heterocycles. The lowest BCUT2D eigenvalue weighted by atomic mass is 9.97. The van der Waals surface area contributed by atoms with Crippen molar-refractivity contribution in [3.05, 3.63) is 0 Å². The highest BCUT2D eigenvalue weighted by atomic mass is 15.1. The van der Waals surface area contributed by atoms with Crippen LogP contribution in [0.25, 0.3) is 0 Å². The minimum Gasteiger partial charge on any atom is -0.301 e. The summed E-state index contributed by atoms with van der Waals surface area (Å²) in [7, 11) is 0. The van der Waals surface area contributed by atoms with Crippen LogP contribution in [0.1, 0.15) is 60.8 Å². The lowest BCUT2D eigenvalue weighted by Crippen LogP contribution is -2.42. The van der Waals surface area contributed by atoms with E-state index >= 15 is 0 Å². The van der Waals surface area contributed by atoms with Gasteiger partial charge in [-0.3, -0.25) is 5.32 Å². The third-order valence-electron chi connectivity index (χ3n) is 3.46. The molecule has 0 spiro atoms. The monoisotopic (exact) mass is 267 g/mol. The van der Waals surface area contributed by atoms with Crippen LogP contribution in [0.5, 0.6) is 0 Å². The van der Waals surface area contributed by atoms with Gasteiger partial charge in [-0.25, -0.2) is 0 Å². The average Bonchev–Trinajstić information content (AvgIpc) is 2.34. The summed E-state index contributed by atoms with van der Waals surface area (Å²) in [6.07, 6.45) is 3.07. The van der Waals surface area contributed by atoms with Crippen LogP contribution in [0.3, 0.4) is 0 Å². The van der Waals surface area contributed by atoms with Gasteiger partial charge in [0.1, 0.15) is 5.54 Å². The molecule has 0 heterocycles. The Balaban J connectivity index is 4.19. The Kier molecular flexibility index (Phi) is 9.05. The van der Waals surface area contributed by atoms with Crippen molar-refractivity contribution in [3.63, 3.8) is 0 Å². The summed E-state index contributed by atoms with van der Waals surface area (Å²) in [5.74, 6) is 0.697. The van der Waals surface area contributed by atoms with Crippen molar-refractivity contribution in [2.75, 3.05) is 19.6 Å². The van der Waals surface area contributed by atoms with Crippen LogP contribution in [0.2, 0.25) is 0 Å². The molecule has 0 radical (unpaired) electrons. The van der Waals surface area contributed by atoms with Crippen LogP contribution in [-0.4, -0.2) is 36.1 Å².